The van der Waals surface area contributed by atoms with Crippen LogP contribution in [0.1, 0.15) is 17.3 Å². The molecule has 0 saturated carbocycles. The largest absolute Gasteiger partial charge is 0.396 e. The van der Waals surface area contributed by atoms with Crippen molar-refractivity contribution in [1.29, 1.82) is 0 Å². The number of Topliss-reactive ketones (excluding diaryl/α,β-unsaturated/α-hetero) is 1. The normalized spacial score (nSPS) is 11.6. The number of hydrogen-bond acceptors (Lipinski definition) is 7. The monoisotopic (exact) mass is 426 g/mol. The van der Waals surface area contributed by atoms with Gasteiger partial charge in [-0.15, -0.1) is 0 Å². The van der Waals surface area contributed by atoms with Gasteiger partial charge in [0.15, 0.2) is 11.5 Å². The second-order valence-corrected chi connectivity index (χ2v) is 7.52. The van der Waals surface area contributed by atoms with Crippen LogP contribution in [0, 0.1) is 0 Å². The molecule has 0 spiro atoms. The number of fused-ring (bicyclic) bond motifs is 1. The predicted molar refractivity (Wildman–Crippen MR) is 103 cm³/mol. The summed E-state index contributed by atoms with van der Waals surface area (Å²) in [6.45, 7) is 1.38. The Hall–Kier alpha value is -2.46. The highest BCUT2D eigenvalue weighted by molar-refractivity contribution is 7.84. The summed E-state index contributed by atoms with van der Waals surface area (Å²) < 4.78 is 26.8. The summed E-state index contributed by atoms with van der Waals surface area (Å²) in [6, 6.07) is 6.17. The lowest BCUT2D eigenvalue weighted by molar-refractivity contribution is 0.101. The highest BCUT2D eigenvalue weighted by atomic mass is 35.5. The van der Waals surface area contributed by atoms with Crippen LogP contribution in [0.5, 0.6) is 5.75 Å². The first-order valence-electron chi connectivity index (χ1n) is 7.34. The van der Waals surface area contributed by atoms with Gasteiger partial charge in [-0.05, 0) is 31.2 Å². The topological polar surface area (TPSA) is 138 Å². The third-order valence-electron chi connectivity index (χ3n) is 3.62. The lowest BCUT2D eigenvalue weighted by Crippen LogP contribution is -2.19. The van der Waals surface area contributed by atoms with Gasteiger partial charge >= 0.3 is 10.3 Å². The van der Waals surface area contributed by atoms with E-state index in [1.807, 2.05) is 0 Å². The Labute approximate surface area is 164 Å². The molecule has 0 radical (unpaired) electrons. The third kappa shape index (κ3) is 3.96. The van der Waals surface area contributed by atoms with E-state index in [2.05, 4.69) is 14.2 Å². The summed E-state index contributed by atoms with van der Waals surface area (Å²) in [5.41, 5.74) is 8.28. The summed E-state index contributed by atoms with van der Waals surface area (Å²) >= 11 is 12.1. The molecule has 27 heavy (non-hydrogen) atoms. The minimum Gasteiger partial charge on any atom is -0.396 e. The summed E-state index contributed by atoms with van der Waals surface area (Å²) in [4.78, 5) is 20.3. The molecule has 2 heterocycles. The molecule has 0 atom stereocenters. The van der Waals surface area contributed by atoms with Crippen molar-refractivity contribution < 1.29 is 17.4 Å². The van der Waals surface area contributed by atoms with Crippen LogP contribution < -0.4 is 15.1 Å². The van der Waals surface area contributed by atoms with E-state index in [4.69, 9.17) is 34.1 Å². The fourth-order valence-electron chi connectivity index (χ4n) is 2.43. The van der Waals surface area contributed by atoms with Crippen molar-refractivity contribution >= 4 is 56.0 Å². The number of aromatic nitrogens is 2. The van der Waals surface area contributed by atoms with Crippen molar-refractivity contribution in [3.63, 3.8) is 0 Å². The van der Waals surface area contributed by atoms with Crippen LogP contribution in [0.4, 0.5) is 5.69 Å². The number of nitrogens with zero attached hydrogens (tertiary/aromatic N) is 2. The molecule has 8 nitrogen and oxygen atoms in total. The van der Waals surface area contributed by atoms with Crippen molar-refractivity contribution in [2.45, 2.75) is 6.92 Å². The first-order chi connectivity index (χ1) is 12.6. The smallest absolute Gasteiger partial charge is 0.380 e. The van der Waals surface area contributed by atoms with Crippen LogP contribution in [0.25, 0.3) is 22.3 Å². The molecule has 4 N–H and O–H groups in total. The number of halogens is 2. The van der Waals surface area contributed by atoms with Gasteiger partial charge in [-0.25, -0.2) is 4.98 Å². The molecule has 0 aliphatic rings. The molecule has 140 valence electrons. The van der Waals surface area contributed by atoms with E-state index < -0.39 is 10.3 Å². The molecule has 3 aromatic rings. The van der Waals surface area contributed by atoms with Gasteiger partial charge in [0.1, 0.15) is 5.52 Å². The predicted octanol–water partition coefficient (Wildman–Crippen LogP) is 2.97. The number of benzene rings is 1. The maximum atomic E-state index is 11.6. The Morgan fingerprint density at radius 3 is 2.37 bits per heavy atom. The minimum atomic E-state index is -4.29. The van der Waals surface area contributed by atoms with Crippen molar-refractivity contribution in [1.82, 2.24) is 9.97 Å². The Kier molecular flexibility index (Phi) is 4.96. The fraction of sp³-hybridized carbons (Fsp3) is 0.0625. The van der Waals surface area contributed by atoms with Crippen molar-refractivity contribution in [2.24, 2.45) is 5.14 Å². The van der Waals surface area contributed by atoms with Gasteiger partial charge in [-0.2, -0.15) is 13.6 Å². The summed E-state index contributed by atoms with van der Waals surface area (Å²) in [5.74, 6) is -0.518. The van der Waals surface area contributed by atoms with E-state index in [-0.39, 0.29) is 32.8 Å². The Morgan fingerprint density at radius 1 is 1.19 bits per heavy atom. The van der Waals surface area contributed by atoms with Crippen LogP contribution >= 0.6 is 23.2 Å². The number of hydrogen-bond donors (Lipinski definition) is 2. The molecule has 3 rings (SSSR count). The molecule has 11 heteroatoms. The van der Waals surface area contributed by atoms with E-state index in [1.165, 1.54) is 25.3 Å². The lowest BCUT2D eigenvalue weighted by atomic mass is 10.1. The summed E-state index contributed by atoms with van der Waals surface area (Å²) in [5, 5.41) is 4.70. The minimum absolute atomic E-state index is 0.0722. The summed E-state index contributed by atoms with van der Waals surface area (Å²) in [6.07, 6.45) is 1.40. The number of nitrogens with two attached hydrogens (primary N) is 2. The fourth-order valence-corrected chi connectivity index (χ4v) is 3.50. The Morgan fingerprint density at radius 2 is 1.81 bits per heavy atom. The molecule has 1 aromatic carbocycles. The van der Waals surface area contributed by atoms with Gasteiger partial charge in [-0.1, -0.05) is 23.2 Å². The molecule has 0 saturated heterocycles. The molecular formula is C16H12Cl2N4O4S. The second kappa shape index (κ2) is 6.93. The van der Waals surface area contributed by atoms with E-state index in [0.29, 0.717) is 22.3 Å². The van der Waals surface area contributed by atoms with Crippen LogP contribution in [0.15, 0.2) is 30.5 Å². The van der Waals surface area contributed by atoms with E-state index in [9.17, 15) is 13.2 Å². The molecule has 0 amide bonds. The second-order valence-electron chi connectivity index (χ2n) is 5.55. The highest BCUT2D eigenvalue weighted by Crippen LogP contribution is 2.38. The lowest BCUT2D eigenvalue weighted by Gasteiger charge is -2.11. The molecule has 0 aliphatic carbocycles. The van der Waals surface area contributed by atoms with Gasteiger partial charge < -0.3 is 9.92 Å². The molecule has 2 aromatic heterocycles. The third-order valence-corrected chi connectivity index (χ3v) is 4.59. The zero-order chi connectivity index (χ0) is 19.9. The van der Waals surface area contributed by atoms with Crippen LogP contribution in [-0.2, 0) is 10.3 Å². The Bertz CT molecular complexity index is 1180. The number of nitrogen functional groups attached to an aromatic ring is 1. The van der Waals surface area contributed by atoms with Crippen molar-refractivity contribution in [2.75, 3.05) is 5.73 Å². The van der Waals surface area contributed by atoms with E-state index in [0.717, 1.165) is 0 Å². The number of anilines is 1. The van der Waals surface area contributed by atoms with Crippen LogP contribution in [-0.4, -0.2) is 24.2 Å². The number of ketones is 1. The molecule has 0 aliphatic heterocycles. The zero-order valence-electron chi connectivity index (χ0n) is 13.7. The number of carbonyl (C=O) groups is 1. The van der Waals surface area contributed by atoms with Crippen molar-refractivity contribution in [3.8, 4) is 17.0 Å². The quantitative estimate of drug-likeness (QED) is 0.611. The van der Waals surface area contributed by atoms with E-state index >= 15 is 0 Å². The molecule has 0 unspecified atom stereocenters. The Balaban J connectivity index is 2.15. The van der Waals surface area contributed by atoms with Gasteiger partial charge in [0.25, 0.3) is 0 Å². The molecule has 0 bridgehead atoms. The first-order valence-corrected chi connectivity index (χ1v) is 9.57. The SMILES string of the molecule is CC(=O)c1cnc2ccc(-c3cc(Cl)c(OS(N)(=O)=O)c(Cl)c3)nc2c1N. The number of pyridine rings is 2. The maximum Gasteiger partial charge on any atom is 0.380 e. The average molecular weight is 427 g/mol. The maximum absolute atomic E-state index is 11.6. The van der Waals surface area contributed by atoms with Crippen LogP contribution in [0.2, 0.25) is 10.0 Å². The van der Waals surface area contributed by atoms with Gasteiger partial charge in [-0.3, -0.25) is 9.78 Å². The van der Waals surface area contributed by atoms with Gasteiger partial charge in [0, 0.05) is 11.8 Å². The highest BCUT2D eigenvalue weighted by Gasteiger charge is 2.17. The first kappa shape index (κ1) is 19.3. The van der Waals surface area contributed by atoms with E-state index in [1.54, 1.807) is 12.1 Å². The standard InChI is InChI=1S/C16H12Cl2N4O4S/c1-7(23)9-6-21-13-3-2-12(22-15(13)14(9)19)8-4-10(17)16(11(18)5-8)26-27(20,24)25/h2-6H,1H3,(H2,19,21)(H2,20,24,25). The summed E-state index contributed by atoms with van der Waals surface area (Å²) in [7, 11) is -4.29. The average Bonchev–Trinajstić information content (AvgIpc) is 2.57. The molecule has 0 fully saturated rings. The molecular weight excluding hydrogens is 415 g/mol. The zero-order valence-corrected chi connectivity index (χ0v) is 16.1. The van der Waals surface area contributed by atoms with Gasteiger partial charge in [0.2, 0.25) is 0 Å². The number of rotatable bonds is 4. The van der Waals surface area contributed by atoms with Crippen LogP contribution in [0.3, 0.4) is 0 Å². The number of carbonyl (C=O) groups excluding carboxylic acids is 1. The van der Waals surface area contributed by atoms with Crippen molar-refractivity contribution in [3.05, 3.63) is 46.1 Å². The van der Waals surface area contributed by atoms with Gasteiger partial charge in [0.05, 0.1) is 32.5 Å².